The third-order valence-corrected chi connectivity index (χ3v) is 17.1. The summed E-state index contributed by atoms with van der Waals surface area (Å²) in [6, 6.07) is 5.12. The van der Waals surface area contributed by atoms with Crippen LogP contribution in [0.1, 0.15) is 164 Å². The molecule has 0 spiro atoms. The van der Waals surface area contributed by atoms with E-state index < -0.39 is 11.7 Å². The minimum atomic E-state index is -4.38. The first-order valence-corrected chi connectivity index (χ1v) is 22.5. The molecule has 4 nitrogen and oxygen atoms in total. The fourth-order valence-electron chi connectivity index (χ4n) is 14.6. The van der Waals surface area contributed by atoms with Crippen LogP contribution in [0.3, 0.4) is 0 Å². The predicted molar refractivity (Wildman–Crippen MR) is 237 cm³/mol. The average Bonchev–Trinajstić information content (AvgIpc) is 3.52. The van der Waals surface area contributed by atoms with Crippen LogP contribution in [0.25, 0.3) is 0 Å². The summed E-state index contributed by atoms with van der Waals surface area (Å²) in [4.78, 5) is 13.8. The molecular formula is C52H78F3NO3. The highest BCUT2D eigenvalue weighted by molar-refractivity contribution is 5.77. The van der Waals surface area contributed by atoms with Crippen molar-refractivity contribution in [2.24, 2.45) is 62.1 Å². The molecule has 1 aromatic carbocycles. The Bertz CT molecular complexity index is 1710. The van der Waals surface area contributed by atoms with Crippen LogP contribution in [-0.2, 0) is 22.3 Å². The molecule has 5 aliphatic carbocycles. The van der Waals surface area contributed by atoms with Crippen molar-refractivity contribution in [1.82, 2.24) is 5.32 Å². The Balaban J connectivity index is 0.00000186. The Kier molecular flexibility index (Phi) is 14.5. The summed E-state index contributed by atoms with van der Waals surface area (Å²) in [6.07, 6.45) is 16.7. The number of allylic oxidation sites excluding steroid dienone is 3. The number of ether oxygens (including phenoxy) is 1. The van der Waals surface area contributed by atoms with E-state index in [1.165, 1.54) is 43.4 Å². The molecule has 5 aliphatic rings. The molecular weight excluding hydrogens is 744 g/mol. The number of carbonyl (C=O) groups excluding carboxylic acids is 1. The van der Waals surface area contributed by atoms with Gasteiger partial charge in [0.05, 0.1) is 17.1 Å². The number of carbonyl (C=O) groups is 1. The third kappa shape index (κ3) is 9.09. The zero-order valence-electron chi connectivity index (χ0n) is 38.3. The monoisotopic (exact) mass is 822 g/mol. The van der Waals surface area contributed by atoms with Crippen LogP contribution >= 0.6 is 0 Å². The van der Waals surface area contributed by atoms with Gasteiger partial charge in [-0.15, -0.1) is 12.8 Å². The maximum atomic E-state index is 13.8. The van der Waals surface area contributed by atoms with Crippen molar-refractivity contribution in [3.05, 3.63) is 72.2 Å². The van der Waals surface area contributed by atoms with Gasteiger partial charge in [0.25, 0.3) is 0 Å². The van der Waals surface area contributed by atoms with E-state index in [1.54, 1.807) is 0 Å². The van der Waals surface area contributed by atoms with Crippen molar-refractivity contribution >= 4 is 5.91 Å². The van der Waals surface area contributed by atoms with Gasteiger partial charge < -0.3 is 15.2 Å². The van der Waals surface area contributed by atoms with Crippen molar-refractivity contribution < 1.29 is 27.8 Å². The fourth-order valence-corrected chi connectivity index (χ4v) is 14.6. The lowest BCUT2D eigenvalue weighted by Crippen LogP contribution is -2.66. The normalized spacial score (nSPS) is 35.6. The maximum absolute atomic E-state index is 13.8. The van der Waals surface area contributed by atoms with Crippen LogP contribution in [0, 0.1) is 74.9 Å². The highest BCUT2D eigenvalue weighted by atomic mass is 19.4. The van der Waals surface area contributed by atoms with Gasteiger partial charge in [-0.1, -0.05) is 99.8 Å². The SMILES string of the molecule is C#C.C=C(O)CC(C)(C)CC(=C)O[C@H]1CC[C@@]2(C)C(CC[C@]3(C)C2CC[C@@H]2C4[C@H](C(=C)C)CC[C@]4(CC(=O)NCc4ccc(C(F)(F)F)cc4)CC[C@]23C)C1(C)C.CC. The van der Waals surface area contributed by atoms with Gasteiger partial charge in [0.15, 0.2) is 0 Å². The summed E-state index contributed by atoms with van der Waals surface area (Å²) in [7, 11) is 0. The summed E-state index contributed by atoms with van der Waals surface area (Å²) < 4.78 is 46.1. The summed E-state index contributed by atoms with van der Waals surface area (Å²) >= 11 is 0. The van der Waals surface area contributed by atoms with Crippen molar-refractivity contribution in [3.63, 3.8) is 0 Å². The molecule has 0 saturated heterocycles. The van der Waals surface area contributed by atoms with Crippen LogP contribution in [0.4, 0.5) is 13.2 Å². The molecule has 1 amide bonds. The first-order valence-electron chi connectivity index (χ1n) is 22.5. The van der Waals surface area contributed by atoms with Gasteiger partial charge in [-0.2, -0.15) is 13.2 Å². The average molecular weight is 822 g/mol. The quantitative estimate of drug-likeness (QED) is 0.133. The number of hydrogen-bond donors (Lipinski definition) is 2. The summed E-state index contributed by atoms with van der Waals surface area (Å²) in [5, 5.41) is 13.0. The minimum Gasteiger partial charge on any atom is -0.513 e. The number of alkyl halides is 3. The maximum Gasteiger partial charge on any atom is 0.416 e. The van der Waals surface area contributed by atoms with Gasteiger partial charge in [0, 0.05) is 31.2 Å². The van der Waals surface area contributed by atoms with Crippen LogP contribution in [0.15, 0.2) is 61.1 Å². The van der Waals surface area contributed by atoms with Crippen LogP contribution in [0.2, 0.25) is 0 Å². The van der Waals surface area contributed by atoms with E-state index in [2.05, 4.69) is 93.3 Å². The fraction of sp³-hybridized carbons (Fsp3) is 0.712. The van der Waals surface area contributed by atoms with Gasteiger partial charge in [-0.3, -0.25) is 4.79 Å². The van der Waals surface area contributed by atoms with Gasteiger partial charge in [-0.05, 0) is 145 Å². The second-order valence-electron chi connectivity index (χ2n) is 21.3. The molecule has 10 atom stereocenters. The van der Waals surface area contributed by atoms with Gasteiger partial charge >= 0.3 is 6.18 Å². The highest BCUT2D eigenvalue weighted by Crippen LogP contribution is 2.78. The topological polar surface area (TPSA) is 58.6 Å². The Hall–Kier alpha value is -3.14. The zero-order valence-corrected chi connectivity index (χ0v) is 38.3. The molecule has 6 rings (SSSR count). The second kappa shape index (κ2) is 17.7. The highest BCUT2D eigenvalue weighted by Gasteiger charge is 2.71. The van der Waals surface area contributed by atoms with Gasteiger partial charge in [0.1, 0.15) is 6.10 Å². The lowest BCUT2D eigenvalue weighted by Gasteiger charge is -2.73. The number of aliphatic hydroxyl groups excluding tert-OH is 1. The standard InChI is InChI=1S/C48H70F3NO3.C2H6.C2H2/c1-30(2)35-18-23-47(28-40(54)52-29-33-12-14-34(15-13-33)48(49,50)51)25-24-45(10)36(41(35)47)16-17-38-44(9)21-20-39(43(7,8)37(44)19-22-46(38,45)11)55-32(4)27-42(5,6)26-31(3)53;2*1-2/h12-15,35-39,41,53H,1,3-4,16-29H2,2,5-11H3,(H,52,54);1-2H3;1-2H/t35-,36+,37?,38?,39-,41?,44-,45+,46+,47+;;/m0../s1. The molecule has 0 heterocycles. The van der Waals surface area contributed by atoms with E-state index in [0.29, 0.717) is 54.4 Å². The smallest absolute Gasteiger partial charge is 0.416 e. The zero-order chi connectivity index (χ0) is 44.6. The lowest BCUT2D eigenvalue weighted by atomic mass is 9.32. The molecule has 0 bridgehead atoms. The third-order valence-electron chi connectivity index (χ3n) is 17.1. The summed E-state index contributed by atoms with van der Waals surface area (Å²) in [5.74, 6) is 3.50. The molecule has 0 aromatic heterocycles. The molecule has 5 saturated carbocycles. The van der Waals surface area contributed by atoms with E-state index in [-0.39, 0.29) is 56.8 Å². The molecule has 5 fully saturated rings. The minimum absolute atomic E-state index is 0.00824. The molecule has 0 aliphatic heterocycles. The molecule has 3 unspecified atom stereocenters. The van der Waals surface area contributed by atoms with E-state index >= 15 is 0 Å². The number of amides is 1. The number of nitrogens with one attached hydrogen (secondary N) is 1. The number of terminal acetylenes is 1. The van der Waals surface area contributed by atoms with Gasteiger partial charge in [0.2, 0.25) is 5.91 Å². The van der Waals surface area contributed by atoms with Crippen LogP contribution in [0.5, 0.6) is 0 Å². The van der Waals surface area contributed by atoms with E-state index in [0.717, 1.165) is 56.4 Å². The summed E-state index contributed by atoms with van der Waals surface area (Å²) in [6.45, 7) is 36.1. The Morgan fingerprint density at radius 3 is 2.05 bits per heavy atom. The molecule has 2 N–H and O–H groups in total. The Morgan fingerprint density at radius 2 is 1.47 bits per heavy atom. The number of hydrogen-bond acceptors (Lipinski definition) is 3. The number of aliphatic hydroxyl groups is 1. The number of benzene rings is 1. The van der Waals surface area contributed by atoms with Crippen molar-refractivity contribution in [2.75, 3.05) is 0 Å². The number of rotatable bonds is 11. The molecule has 330 valence electrons. The number of fused-ring (bicyclic) bond motifs is 7. The van der Waals surface area contributed by atoms with Gasteiger partial charge in [-0.25, -0.2) is 0 Å². The first-order chi connectivity index (χ1) is 27.4. The van der Waals surface area contributed by atoms with Crippen molar-refractivity contribution in [1.29, 1.82) is 0 Å². The van der Waals surface area contributed by atoms with E-state index in [1.807, 2.05) is 13.8 Å². The molecule has 1 aromatic rings. The van der Waals surface area contributed by atoms with Crippen molar-refractivity contribution in [2.45, 2.75) is 172 Å². The second-order valence-corrected chi connectivity index (χ2v) is 21.3. The van der Waals surface area contributed by atoms with Crippen LogP contribution < -0.4 is 5.32 Å². The van der Waals surface area contributed by atoms with Crippen molar-refractivity contribution in [3.8, 4) is 12.8 Å². The number of halogens is 3. The predicted octanol–water partition coefficient (Wildman–Crippen LogP) is 14.4. The van der Waals surface area contributed by atoms with E-state index in [9.17, 15) is 23.1 Å². The molecule has 0 radical (unpaired) electrons. The largest absolute Gasteiger partial charge is 0.513 e. The lowest BCUT2D eigenvalue weighted by molar-refractivity contribution is -0.249. The van der Waals surface area contributed by atoms with E-state index in [4.69, 9.17) is 4.74 Å². The Morgan fingerprint density at radius 1 is 0.847 bits per heavy atom. The first kappa shape index (κ1) is 48.5. The molecule has 59 heavy (non-hydrogen) atoms. The Labute approximate surface area is 356 Å². The van der Waals surface area contributed by atoms with Crippen LogP contribution in [-0.4, -0.2) is 17.1 Å². The molecule has 7 heteroatoms. The summed E-state index contributed by atoms with van der Waals surface area (Å²) in [5.41, 5.74) is 1.53.